The molecule has 2 saturated heterocycles. The summed E-state index contributed by atoms with van der Waals surface area (Å²) in [6, 6.07) is 1.84. The van der Waals surface area contributed by atoms with Crippen molar-refractivity contribution < 1.29 is 9.53 Å². The Labute approximate surface area is 142 Å². The lowest BCUT2D eigenvalue weighted by Crippen LogP contribution is -2.38. The van der Waals surface area contributed by atoms with Crippen LogP contribution in [0, 0.1) is 6.92 Å². The first-order valence-electron chi connectivity index (χ1n) is 8.97. The standard InChI is InChI=1S/C18H27N3O3/c1-14-6-10-21(13-15-5-4-12-24-15)18(23)16(14)17(22)19-7-11-20-8-2-3-9-20/h6,10,15H,2-5,7-9,11-13H2,1H3,(H,19,22). The Balaban J connectivity index is 1.64. The minimum absolute atomic E-state index is 0.0801. The molecule has 1 N–H and O–H groups in total. The van der Waals surface area contributed by atoms with Crippen molar-refractivity contribution in [2.75, 3.05) is 32.8 Å². The quantitative estimate of drug-likeness (QED) is 0.849. The molecule has 0 spiro atoms. The van der Waals surface area contributed by atoms with Crippen LogP contribution >= 0.6 is 0 Å². The van der Waals surface area contributed by atoms with Crippen LogP contribution in [0.5, 0.6) is 0 Å². The zero-order valence-corrected chi connectivity index (χ0v) is 14.4. The number of amides is 1. The van der Waals surface area contributed by atoms with Crippen molar-refractivity contribution in [2.45, 2.75) is 45.3 Å². The molecular weight excluding hydrogens is 306 g/mol. The Morgan fingerprint density at radius 2 is 2.12 bits per heavy atom. The fourth-order valence-electron chi connectivity index (χ4n) is 3.51. The van der Waals surface area contributed by atoms with E-state index < -0.39 is 0 Å². The first-order chi connectivity index (χ1) is 11.6. The highest BCUT2D eigenvalue weighted by Gasteiger charge is 2.20. The summed E-state index contributed by atoms with van der Waals surface area (Å²) >= 11 is 0. The maximum atomic E-state index is 12.7. The molecule has 1 aromatic rings. The van der Waals surface area contributed by atoms with Gasteiger partial charge in [-0.2, -0.15) is 0 Å². The first kappa shape index (κ1) is 17.2. The molecule has 6 heteroatoms. The van der Waals surface area contributed by atoms with Crippen molar-refractivity contribution in [2.24, 2.45) is 0 Å². The molecule has 24 heavy (non-hydrogen) atoms. The summed E-state index contributed by atoms with van der Waals surface area (Å²) in [4.78, 5) is 27.5. The van der Waals surface area contributed by atoms with Gasteiger partial charge in [-0.1, -0.05) is 0 Å². The summed E-state index contributed by atoms with van der Waals surface area (Å²) in [5.41, 5.74) is 0.767. The van der Waals surface area contributed by atoms with Crippen LogP contribution in [-0.2, 0) is 11.3 Å². The fourth-order valence-corrected chi connectivity index (χ4v) is 3.51. The highest BCUT2D eigenvalue weighted by Crippen LogP contribution is 2.13. The summed E-state index contributed by atoms with van der Waals surface area (Å²) < 4.78 is 7.21. The van der Waals surface area contributed by atoms with E-state index in [9.17, 15) is 9.59 Å². The lowest BCUT2D eigenvalue weighted by Gasteiger charge is -2.16. The van der Waals surface area contributed by atoms with E-state index in [2.05, 4.69) is 10.2 Å². The van der Waals surface area contributed by atoms with Gasteiger partial charge in [0.2, 0.25) is 0 Å². The van der Waals surface area contributed by atoms with Gasteiger partial charge in [-0.05, 0) is 57.3 Å². The smallest absolute Gasteiger partial charge is 0.263 e. The third kappa shape index (κ3) is 4.05. The number of hydrogen-bond donors (Lipinski definition) is 1. The van der Waals surface area contributed by atoms with Crippen molar-refractivity contribution in [1.29, 1.82) is 0 Å². The molecule has 0 aliphatic carbocycles. The summed E-state index contributed by atoms with van der Waals surface area (Å²) in [7, 11) is 0. The Hall–Kier alpha value is -1.66. The first-order valence-corrected chi connectivity index (χ1v) is 8.97. The summed E-state index contributed by atoms with van der Waals surface area (Å²) in [6.07, 6.45) is 6.32. The van der Waals surface area contributed by atoms with E-state index in [1.54, 1.807) is 10.8 Å². The molecule has 1 unspecified atom stereocenters. The number of carbonyl (C=O) groups excluding carboxylic acids is 1. The van der Waals surface area contributed by atoms with Crippen LogP contribution in [0.25, 0.3) is 0 Å². The second-order valence-electron chi connectivity index (χ2n) is 6.77. The zero-order chi connectivity index (χ0) is 16.9. The topological polar surface area (TPSA) is 63.6 Å². The fraction of sp³-hybridized carbons (Fsp3) is 0.667. The monoisotopic (exact) mass is 333 g/mol. The van der Waals surface area contributed by atoms with Gasteiger partial charge in [0.25, 0.3) is 11.5 Å². The van der Waals surface area contributed by atoms with Crippen LogP contribution < -0.4 is 10.9 Å². The number of aromatic nitrogens is 1. The number of nitrogens with zero attached hydrogens (tertiary/aromatic N) is 2. The largest absolute Gasteiger partial charge is 0.376 e. The highest BCUT2D eigenvalue weighted by molar-refractivity contribution is 5.95. The second kappa shape index (κ2) is 7.94. The molecular formula is C18H27N3O3. The Morgan fingerprint density at radius 1 is 1.33 bits per heavy atom. The van der Waals surface area contributed by atoms with Gasteiger partial charge in [0.05, 0.1) is 12.6 Å². The molecule has 0 radical (unpaired) electrons. The van der Waals surface area contributed by atoms with Gasteiger partial charge in [0.15, 0.2) is 0 Å². The Kier molecular flexibility index (Phi) is 5.68. The van der Waals surface area contributed by atoms with E-state index in [4.69, 9.17) is 4.74 Å². The van der Waals surface area contributed by atoms with Crippen molar-refractivity contribution in [3.63, 3.8) is 0 Å². The number of nitrogens with one attached hydrogen (secondary N) is 1. The number of rotatable bonds is 6. The van der Waals surface area contributed by atoms with Crippen molar-refractivity contribution in [3.05, 3.63) is 33.7 Å². The summed E-state index contributed by atoms with van der Waals surface area (Å²) in [6.45, 7) is 6.73. The van der Waals surface area contributed by atoms with Crippen LogP contribution in [0.1, 0.15) is 41.6 Å². The van der Waals surface area contributed by atoms with Gasteiger partial charge >= 0.3 is 0 Å². The molecule has 2 aliphatic heterocycles. The highest BCUT2D eigenvalue weighted by atomic mass is 16.5. The van der Waals surface area contributed by atoms with Crippen LogP contribution in [-0.4, -0.2) is 54.3 Å². The molecule has 132 valence electrons. The molecule has 6 nitrogen and oxygen atoms in total. The number of pyridine rings is 1. The van der Waals surface area contributed by atoms with Gasteiger partial charge in [0.1, 0.15) is 5.56 Å². The van der Waals surface area contributed by atoms with Crippen molar-refractivity contribution in [1.82, 2.24) is 14.8 Å². The lowest BCUT2D eigenvalue weighted by molar-refractivity contribution is 0.0927. The van der Waals surface area contributed by atoms with Crippen LogP contribution in [0.4, 0.5) is 0 Å². The van der Waals surface area contributed by atoms with E-state index in [1.807, 2.05) is 13.0 Å². The Morgan fingerprint density at radius 3 is 2.83 bits per heavy atom. The summed E-state index contributed by atoms with van der Waals surface area (Å²) in [5.74, 6) is -0.265. The van der Waals surface area contributed by atoms with Crippen molar-refractivity contribution >= 4 is 5.91 Å². The van der Waals surface area contributed by atoms with Gasteiger partial charge in [-0.15, -0.1) is 0 Å². The number of carbonyl (C=O) groups is 1. The third-order valence-electron chi connectivity index (χ3n) is 4.94. The van der Waals surface area contributed by atoms with E-state index in [-0.39, 0.29) is 23.1 Å². The SMILES string of the molecule is Cc1ccn(CC2CCCO2)c(=O)c1C(=O)NCCN1CCCC1. The van der Waals surface area contributed by atoms with Crippen LogP contribution in [0.3, 0.4) is 0 Å². The van der Waals surface area contributed by atoms with Gasteiger partial charge in [0, 0.05) is 25.9 Å². The molecule has 1 aromatic heterocycles. The molecule has 0 bridgehead atoms. The second-order valence-corrected chi connectivity index (χ2v) is 6.77. The van der Waals surface area contributed by atoms with E-state index >= 15 is 0 Å². The van der Waals surface area contributed by atoms with Crippen molar-refractivity contribution in [3.8, 4) is 0 Å². The average Bonchev–Trinajstić information content (AvgIpc) is 3.24. The van der Waals surface area contributed by atoms with Crippen LogP contribution in [0.2, 0.25) is 0 Å². The number of hydrogen-bond acceptors (Lipinski definition) is 4. The zero-order valence-electron chi connectivity index (χ0n) is 14.4. The van der Waals surface area contributed by atoms with E-state index in [0.717, 1.165) is 44.6 Å². The number of likely N-dealkylation sites (tertiary alicyclic amines) is 1. The molecule has 3 heterocycles. The average molecular weight is 333 g/mol. The van der Waals surface area contributed by atoms with Gasteiger partial charge in [-0.25, -0.2) is 0 Å². The normalized spacial score (nSPS) is 21.3. The molecule has 3 rings (SSSR count). The predicted octanol–water partition coefficient (Wildman–Crippen LogP) is 1.16. The van der Waals surface area contributed by atoms with Crippen LogP contribution in [0.15, 0.2) is 17.1 Å². The molecule has 0 saturated carbocycles. The van der Waals surface area contributed by atoms with Gasteiger partial charge < -0.3 is 19.5 Å². The lowest BCUT2D eigenvalue weighted by atomic mass is 10.1. The maximum Gasteiger partial charge on any atom is 0.263 e. The minimum Gasteiger partial charge on any atom is -0.376 e. The van der Waals surface area contributed by atoms with E-state index in [1.165, 1.54) is 12.8 Å². The number of aryl methyl sites for hydroxylation is 1. The molecule has 0 aromatic carbocycles. The molecule has 1 amide bonds. The summed E-state index contributed by atoms with van der Waals surface area (Å²) in [5, 5.41) is 2.90. The minimum atomic E-state index is -0.265. The number of ether oxygens (including phenoxy) is 1. The predicted molar refractivity (Wildman–Crippen MR) is 92.4 cm³/mol. The molecule has 2 fully saturated rings. The molecule has 1 atom stereocenters. The maximum absolute atomic E-state index is 12.7. The van der Waals surface area contributed by atoms with E-state index in [0.29, 0.717) is 13.1 Å². The Bertz CT molecular complexity index is 629. The molecule has 2 aliphatic rings. The third-order valence-corrected chi connectivity index (χ3v) is 4.94. The van der Waals surface area contributed by atoms with Gasteiger partial charge in [-0.3, -0.25) is 9.59 Å².